The van der Waals surface area contributed by atoms with Gasteiger partial charge in [-0.1, -0.05) is 29.3 Å². The number of nitrogens with one attached hydrogen (secondary N) is 1. The van der Waals surface area contributed by atoms with E-state index in [0.717, 1.165) is 24.9 Å². The summed E-state index contributed by atoms with van der Waals surface area (Å²) in [6.07, 6.45) is 2.80. The lowest BCUT2D eigenvalue weighted by atomic mass is 9.88. The average Bonchev–Trinajstić information content (AvgIpc) is 2.46. The van der Waals surface area contributed by atoms with Gasteiger partial charge in [0.2, 0.25) is 0 Å². The fraction of sp³-hybridized carbons (Fsp3) is 0.250. The molecule has 114 valence electrons. The minimum Gasteiger partial charge on any atom is -0.327 e. The van der Waals surface area contributed by atoms with Gasteiger partial charge in [0, 0.05) is 17.3 Å². The summed E-state index contributed by atoms with van der Waals surface area (Å²) < 4.78 is 0. The van der Waals surface area contributed by atoms with Gasteiger partial charge >= 0.3 is 0 Å². The Hall–Kier alpha value is -1.62. The largest absolute Gasteiger partial charge is 0.327 e. The van der Waals surface area contributed by atoms with Crippen LogP contribution in [0.15, 0.2) is 30.3 Å². The summed E-state index contributed by atoms with van der Waals surface area (Å²) in [6.45, 7) is 0. The normalized spacial score (nSPS) is 17.0. The van der Waals surface area contributed by atoms with Gasteiger partial charge in [0.05, 0.1) is 0 Å². The van der Waals surface area contributed by atoms with E-state index in [1.54, 1.807) is 0 Å². The van der Waals surface area contributed by atoms with Crippen molar-refractivity contribution >= 4 is 34.8 Å². The fourth-order valence-electron chi connectivity index (χ4n) is 2.66. The first-order valence-corrected chi connectivity index (χ1v) is 7.78. The van der Waals surface area contributed by atoms with Crippen LogP contribution < -0.4 is 11.1 Å². The maximum absolute atomic E-state index is 12.3. The van der Waals surface area contributed by atoms with Crippen LogP contribution in [0.25, 0.3) is 0 Å². The number of rotatable bonds is 2. The van der Waals surface area contributed by atoms with Crippen molar-refractivity contribution in [1.82, 2.24) is 4.98 Å². The van der Waals surface area contributed by atoms with Crippen LogP contribution in [0.1, 0.15) is 27.9 Å². The van der Waals surface area contributed by atoms with Gasteiger partial charge in [-0.3, -0.25) is 4.79 Å². The highest BCUT2D eigenvalue weighted by Crippen LogP contribution is 2.24. The second-order valence-corrected chi connectivity index (χ2v) is 6.22. The molecule has 1 aliphatic rings. The van der Waals surface area contributed by atoms with Crippen molar-refractivity contribution in [2.75, 3.05) is 5.32 Å². The summed E-state index contributed by atoms with van der Waals surface area (Å²) >= 11 is 11.6. The number of aromatic nitrogens is 1. The molecule has 0 fully saturated rings. The molecule has 1 atom stereocenters. The smallest absolute Gasteiger partial charge is 0.255 e. The molecule has 6 heteroatoms. The maximum Gasteiger partial charge on any atom is 0.255 e. The minimum absolute atomic E-state index is 0.192. The fourth-order valence-corrected chi connectivity index (χ4v) is 3.12. The molecule has 1 aromatic heterocycles. The van der Waals surface area contributed by atoms with Gasteiger partial charge in [-0.15, -0.1) is 0 Å². The van der Waals surface area contributed by atoms with E-state index < -0.39 is 0 Å². The number of hydrogen-bond donors (Lipinski definition) is 2. The number of hydrogen-bond acceptors (Lipinski definition) is 3. The lowest BCUT2D eigenvalue weighted by Gasteiger charge is -2.22. The van der Waals surface area contributed by atoms with Gasteiger partial charge in [0.15, 0.2) is 0 Å². The number of amides is 1. The van der Waals surface area contributed by atoms with Crippen LogP contribution in [0.5, 0.6) is 0 Å². The van der Waals surface area contributed by atoms with Gasteiger partial charge in [-0.2, -0.15) is 0 Å². The first kappa shape index (κ1) is 15.3. The number of nitrogens with two attached hydrogens (primary N) is 1. The summed E-state index contributed by atoms with van der Waals surface area (Å²) in [7, 11) is 0. The lowest BCUT2D eigenvalue weighted by molar-refractivity contribution is 0.102. The van der Waals surface area contributed by atoms with Gasteiger partial charge in [-0.25, -0.2) is 4.98 Å². The van der Waals surface area contributed by atoms with E-state index >= 15 is 0 Å². The monoisotopic (exact) mass is 335 g/mol. The summed E-state index contributed by atoms with van der Waals surface area (Å²) in [5.74, 6) is -0.265. The Bertz CT molecular complexity index is 713. The standard InChI is InChI=1S/C16H15Cl2N3O/c17-14-7-11(8-15(18)21-14)16(22)20-13-4-2-9-5-12(19)3-1-10(9)6-13/h2,4,6-8,12H,1,3,5,19H2,(H,20,22). The van der Waals surface area contributed by atoms with E-state index in [2.05, 4.69) is 10.3 Å². The van der Waals surface area contributed by atoms with Crippen molar-refractivity contribution in [3.63, 3.8) is 0 Å². The quantitative estimate of drug-likeness (QED) is 0.826. The third-order valence-corrected chi connectivity index (χ3v) is 4.14. The predicted molar refractivity (Wildman–Crippen MR) is 88.7 cm³/mol. The van der Waals surface area contributed by atoms with Gasteiger partial charge < -0.3 is 11.1 Å². The molecule has 22 heavy (non-hydrogen) atoms. The second kappa shape index (κ2) is 6.24. The molecule has 0 spiro atoms. The minimum atomic E-state index is -0.265. The van der Waals surface area contributed by atoms with Crippen LogP contribution in [-0.2, 0) is 12.8 Å². The molecule has 0 saturated carbocycles. The molecule has 0 bridgehead atoms. The third-order valence-electron chi connectivity index (χ3n) is 3.76. The van der Waals surface area contributed by atoms with E-state index in [0.29, 0.717) is 5.56 Å². The number of nitrogens with zero attached hydrogens (tertiary/aromatic N) is 1. The van der Waals surface area contributed by atoms with E-state index in [1.165, 1.54) is 23.3 Å². The number of carbonyl (C=O) groups is 1. The number of fused-ring (bicyclic) bond motifs is 1. The molecule has 1 heterocycles. The molecular weight excluding hydrogens is 321 g/mol. The Morgan fingerprint density at radius 2 is 1.91 bits per heavy atom. The van der Waals surface area contributed by atoms with Crippen LogP contribution in [0, 0.1) is 0 Å². The second-order valence-electron chi connectivity index (χ2n) is 5.44. The molecule has 0 radical (unpaired) electrons. The predicted octanol–water partition coefficient (Wildman–Crippen LogP) is 3.46. The zero-order chi connectivity index (χ0) is 15.7. The zero-order valence-corrected chi connectivity index (χ0v) is 13.3. The van der Waals surface area contributed by atoms with Gasteiger partial charge in [0.1, 0.15) is 10.3 Å². The SMILES string of the molecule is NC1CCc2cc(NC(=O)c3cc(Cl)nc(Cl)c3)ccc2C1. The Morgan fingerprint density at radius 3 is 2.64 bits per heavy atom. The first-order valence-electron chi connectivity index (χ1n) is 7.03. The Morgan fingerprint density at radius 1 is 1.18 bits per heavy atom. The molecule has 1 aromatic carbocycles. The zero-order valence-electron chi connectivity index (χ0n) is 11.8. The average molecular weight is 336 g/mol. The van der Waals surface area contributed by atoms with Crippen LogP contribution in [-0.4, -0.2) is 16.9 Å². The van der Waals surface area contributed by atoms with Crippen molar-refractivity contribution in [3.8, 4) is 0 Å². The van der Waals surface area contributed by atoms with Gasteiger partial charge in [0.25, 0.3) is 5.91 Å². The molecule has 1 aliphatic carbocycles. The van der Waals surface area contributed by atoms with Crippen molar-refractivity contribution in [2.45, 2.75) is 25.3 Å². The first-order chi connectivity index (χ1) is 10.5. The van der Waals surface area contributed by atoms with Crippen molar-refractivity contribution in [3.05, 3.63) is 57.3 Å². The molecule has 1 unspecified atom stereocenters. The van der Waals surface area contributed by atoms with E-state index in [9.17, 15) is 4.79 Å². The number of anilines is 1. The number of pyridine rings is 1. The summed E-state index contributed by atoms with van der Waals surface area (Å²) in [6, 6.07) is 9.12. The summed E-state index contributed by atoms with van der Waals surface area (Å²) in [5.41, 5.74) is 9.60. The highest BCUT2D eigenvalue weighted by atomic mass is 35.5. The van der Waals surface area contributed by atoms with Crippen LogP contribution in [0.3, 0.4) is 0 Å². The molecule has 0 aliphatic heterocycles. The maximum atomic E-state index is 12.3. The van der Waals surface area contributed by atoms with Crippen LogP contribution >= 0.6 is 23.2 Å². The molecule has 3 N–H and O–H groups in total. The van der Waals surface area contributed by atoms with Gasteiger partial charge in [-0.05, 0) is 54.7 Å². The van der Waals surface area contributed by atoms with Crippen LogP contribution in [0.2, 0.25) is 10.3 Å². The molecule has 1 amide bonds. The lowest BCUT2D eigenvalue weighted by Crippen LogP contribution is -2.27. The number of aryl methyl sites for hydroxylation is 1. The molecule has 4 nitrogen and oxygen atoms in total. The Labute approximate surface area is 138 Å². The van der Waals surface area contributed by atoms with Crippen molar-refractivity contribution < 1.29 is 4.79 Å². The highest BCUT2D eigenvalue weighted by molar-refractivity contribution is 6.33. The molecule has 3 rings (SSSR count). The van der Waals surface area contributed by atoms with Crippen LogP contribution in [0.4, 0.5) is 5.69 Å². The molecule has 0 saturated heterocycles. The van der Waals surface area contributed by atoms with Crippen molar-refractivity contribution in [1.29, 1.82) is 0 Å². The van der Waals surface area contributed by atoms with E-state index in [4.69, 9.17) is 28.9 Å². The number of carbonyl (C=O) groups excluding carboxylic acids is 1. The van der Waals surface area contributed by atoms with Crippen molar-refractivity contribution in [2.24, 2.45) is 5.73 Å². The molecular formula is C16H15Cl2N3O. The Balaban J connectivity index is 1.79. The Kier molecular flexibility index (Phi) is 4.34. The summed E-state index contributed by atoms with van der Waals surface area (Å²) in [4.78, 5) is 16.1. The topological polar surface area (TPSA) is 68.0 Å². The summed E-state index contributed by atoms with van der Waals surface area (Å²) in [5, 5.41) is 3.24. The van der Waals surface area contributed by atoms with E-state index in [-0.39, 0.29) is 22.3 Å². The number of benzene rings is 1. The van der Waals surface area contributed by atoms with E-state index in [1.807, 2.05) is 18.2 Å². The molecule has 2 aromatic rings. The number of halogens is 2. The third kappa shape index (κ3) is 3.40. The highest BCUT2D eigenvalue weighted by Gasteiger charge is 2.16.